The van der Waals surface area contributed by atoms with Crippen molar-refractivity contribution < 1.29 is 0 Å². The van der Waals surface area contributed by atoms with Gasteiger partial charge in [0.25, 0.3) is 0 Å². The molecule has 1 atom stereocenters. The molecule has 4 nitrogen and oxygen atoms in total. The standard InChI is InChI=1S/C6H10N4S/c7-5-1-4-2-8-6(11)3-10(4)9-5/h1,6,8,11H,2-3H2,(H2,7,9). The van der Waals surface area contributed by atoms with Crippen LogP contribution in [0.1, 0.15) is 5.69 Å². The van der Waals surface area contributed by atoms with Gasteiger partial charge in [0, 0.05) is 12.6 Å². The molecule has 1 aliphatic heterocycles. The summed E-state index contributed by atoms with van der Waals surface area (Å²) in [6.45, 7) is 1.59. The van der Waals surface area contributed by atoms with Crippen molar-refractivity contribution in [3.8, 4) is 0 Å². The Kier molecular flexibility index (Phi) is 1.54. The number of fused-ring (bicyclic) bond motifs is 1. The molecule has 0 aromatic carbocycles. The number of nitrogens with zero attached hydrogens (tertiary/aromatic N) is 2. The maximum atomic E-state index is 5.52. The van der Waals surface area contributed by atoms with Crippen LogP contribution in [0.3, 0.4) is 0 Å². The largest absolute Gasteiger partial charge is 0.382 e. The molecule has 0 saturated heterocycles. The molecule has 1 aromatic rings. The number of thiol groups is 1. The maximum Gasteiger partial charge on any atom is 0.145 e. The van der Waals surface area contributed by atoms with Gasteiger partial charge in [-0.25, -0.2) is 0 Å². The SMILES string of the molecule is Nc1cc2n(n1)CC(S)NC2. The molecule has 11 heavy (non-hydrogen) atoms. The van der Waals surface area contributed by atoms with Crippen molar-refractivity contribution in [1.29, 1.82) is 0 Å². The molecule has 0 radical (unpaired) electrons. The van der Waals surface area contributed by atoms with Crippen LogP contribution < -0.4 is 11.1 Å². The second-order valence-electron chi connectivity index (χ2n) is 2.64. The van der Waals surface area contributed by atoms with Gasteiger partial charge in [-0.2, -0.15) is 17.7 Å². The van der Waals surface area contributed by atoms with Crippen molar-refractivity contribution in [2.24, 2.45) is 0 Å². The molecule has 60 valence electrons. The van der Waals surface area contributed by atoms with Gasteiger partial charge in [0.1, 0.15) is 5.82 Å². The van der Waals surface area contributed by atoms with Crippen LogP contribution in [-0.4, -0.2) is 15.2 Å². The minimum atomic E-state index is 0.196. The summed E-state index contributed by atoms with van der Waals surface area (Å²) in [4.78, 5) is 0. The van der Waals surface area contributed by atoms with E-state index in [4.69, 9.17) is 5.73 Å². The number of rotatable bonds is 0. The number of nitrogens with two attached hydrogens (primary N) is 1. The van der Waals surface area contributed by atoms with E-state index in [1.54, 1.807) is 0 Å². The Labute approximate surface area is 70.2 Å². The predicted molar refractivity (Wildman–Crippen MR) is 46.3 cm³/mol. The number of hydrogen-bond acceptors (Lipinski definition) is 4. The summed E-state index contributed by atoms with van der Waals surface area (Å²) in [6.07, 6.45) is 0. The van der Waals surface area contributed by atoms with E-state index in [9.17, 15) is 0 Å². The molecule has 0 spiro atoms. The van der Waals surface area contributed by atoms with Gasteiger partial charge < -0.3 is 5.73 Å². The van der Waals surface area contributed by atoms with E-state index in [1.165, 1.54) is 0 Å². The predicted octanol–water partition coefficient (Wildman–Crippen LogP) is -0.176. The Morgan fingerprint density at radius 3 is 3.45 bits per heavy atom. The summed E-state index contributed by atoms with van der Waals surface area (Å²) < 4.78 is 1.89. The van der Waals surface area contributed by atoms with Gasteiger partial charge in [0.15, 0.2) is 0 Å². The molecule has 0 saturated carbocycles. The van der Waals surface area contributed by atoms with Gasteiger partial charge in [-0.15, -0.1) is 0 Å². The summed E-state index contributed by atoms with van der Waals surface area (Å²) in [5.41, 5.74) is 6.65. The molecule has 0 fully saturated rings. The van der Waals surface area contributed by atoms with Gasteiger partial charge >= 0.3 is 0 Å². The van der Waals surface area contributed by atoms with Crippen molar-refractivity contribution in [3.05, 3.63) is 11.8 Å². The lowest BCUT2D eigenvalue weighted by Gasteiger charge is -2.20. The average Bonchev–Trinajstić information content (AvgIpc) is 2.27. The van der Waals surface area contributed by atoms with Gasteiger partial charge in [0.2, 0.25) is 0 Å². The molecular weight excluding hydrogens is 160 g/mol. The number of anilines is 1. The first kappa shape index (κ1) is 7.00. The van der Waals surface area contributed by atoms with Crippen molar-refractivity contribution in [1.82, 2.24) is 15.1 Å². The van der Waals surface area contributed by atoms with E-state index in [0.717, 1.165) is 18.8 Å². The lowest BCUT2D eigenvalue weighted by atomic mass is 10.3. The Hall–Kier alpha value is -0.680. The van der Waals surface area contributed by atoms with Crippen LogP contribution in [0.4, 0.5) is 5.82 Å². The van der Waals surface area contributed by atoms with Crippen LogP contribution in [0.25, 0.3) is 0 Å². The number of hydrogen-bond donors (Lipinski definition) is 3. The van der Waals surface area contributed by atoms with Crippen molar-refractivity contribution in [2.75, 3.05) is 5.73 Å². The minimum absolute atomic E-state index is 0.196. The van der Waals surface area contributed by atoms with Crippen molar-refractivity contribution in [3.63, 3.8) is 0 Å². The van der Waals surface area contributed by atoms with Crippen LogP contribution in [0.2, 0.25) is 0 Å². The van der Waals surface area contributed by atoms with Crippen LogP contribution >= 0.6 is 12.6 Å². The smallest absolute Gasteiger partial charge is 0.145 e. The Bertz CT molecular complexity index is 270. The average molecular weight is 170 g/mol. The second kappa shape index (κ2) is 2.42. The third-order valence-corrected chi connectivity index (χ3v) is 2.09. The topological polar surface area (TPSA) is 55.9 Å². The van der Waals surface area contributed by atoms with E-state index in [-0.39, 0.29) is 5.37 Å². The highest BCUT2D eigenvalue weighted by Gasteiger charge is 2.15. The second-order valence-corrected chi connectivity index (χ2v) is 3.26. The van der Waals surface area contributed by atoms with Gasteiger partial charge in [-0.3, -0.25) is 10.00 Å². The maximum absolute atomic E-state index is 5.52. The van der Waals surface area contributed by atoms with Crippen molar-refractivity contribution in [2.45, 2.75) is 18.5 Å². The molecule has 0 amide bonds. The quantitative estimate of drug-likeness (QED) is 0.474. The molecule has 2 rings (SSSR count). The van der Waals surface area contributed by atoms with E-state index >= 15 is 0 Å². The molecule has 1 unspecified atom stereocenters. The fourth-order valence-electron chi connectivity index (χ4n) is 1.23. The zero-order chi connectivity index (χ0) is 7.84. The summed E-state index contributed by atoms with van der Waals surface area (Å²) in [7, 11) is 0. The highest BCUT2D eigenvalue weighted by atomic mass is 32.1. The van der Waals surface area contributed by atoms with Gasteiger partial charge in [-0.05, 0) is 0 Å². The minimum Gasteiger partial charge on any atom is -0.382 e. The van der Waals surface area contributed by atoms with Crippen LogP contribution in [-0.2, 0) is 13.1 Å². The van der Waals surface area contributed by atoms with Crippen LogP contribution in [0.5, 0.6) is 0 Å². The monoisotopic (exact) mass is 170 g/mol. The number of nitrogen functional groups attached to an aromatic ring is 1. The first-order valence-electron chi connectivity index (χ1n) is 3.49. The highest BCUT2D eigenvalue weighted by molar-refractivity contribution is 7.80. The molecule has 0 bridgehead atoms. The summed E-state index contributed by atoms with van der Waals surface area (Å²) in [6, 6.07) is 1.88. The molecule has 3 N–H and O–H groups in total. The summed E-state index contributed by atoms with van der Waals surface area (Å²) >= 11 is 4.28. The van der Waals surface area contributed by atoms with Crippen LogP contribution in [0, 0.1) is 0 Å². The molecule has 2 heterocycles. The first-order valence-corrected chi connectivity index (χ1v) is 4.01. The lowest BCUT2D eigenvalue weighted by Crippen LogP contribution is -2.35. The third kappa shape index (κ3) is 1.21. The Balaban J connectivity index is 2.34. The molecule has 0 aliphatic carbocycles. The van der Waals surface area contributed by atoms with E-state index in [1.807, 2.05) is 10.7 Å². The highest BCUT2D eigenvalue weighted by Crippen LogP contribution is 2.12. The molecule has 1 aliphatic rings. The fraction of sp³-hybridized carbons (Fsp3) is 0.500. The van der Waals surface area contributed by atoms with E-state index in [2.05, 4.69) is 23.0 Å². The van der Waals surface area contributed by atoms with Gasteiger partial charge in [0.05, 0.1) is 17.6 Å². The lowest BCUT2D eigenvalue weighted by molar-refractivity contribution is 0.452. The number of aromatic nitrogens is 2. The fourth-order valence-corrected chi connectivity index (χ4v) is 1.47. The molecular formula is C6H10N4S. The summed E-state index contributed by atoms with van der Waals surface area (Å²) in [5.74, 6) is 0.587. The normalized spacial score (nSPS) is 23.2. The van der Waals surface area contributed by atoms with Gasteiger partial charge in [-0.1, -0.05) is 0 Å². The third-order valence-electron chi connectivity index (χ3n) is 1.75. The van der Waals surface area contributed by atoms with E-state index in [0.29, 0.717) is 5.82 Å². The van der Waals surface area contributed by atoms with E-state index < -0.39 is 0 Å². The first-order chi connectivity index (χ1) is 5.25. The Morgan fingerprint density at radius 2 is 2.64 bits per heavy atom. The zero-order valence-electron chi connectivity index (χ0n) is 5.99. The Morgan fingerprint density at radius 1 is 1.82 bits per heavy atom. The van der Waals surface area contributed by atoms with Crippen molar-refractivity contribution >= 4 is 18.4 Å². The summed E-state index contributed by atoms with van der Waals surface area (Å²) in [5, 5.41) is 7.50. The van der Waals surface area contributed by atoms with Crippen LogP contribution in [0.15, 0.2) is 6.07 Å². The number of nitrogens with one attached hydrogen (secondary N) is 1. The molecule has 5 heteroatoms. The molecule has 1 aromatic heterocycles. The zero-order valence-corrected chi connectivity index (χ0v) is 6.88.